The maximum absolute atomic E-state index is 15.1. The SMILES string of the molecule is CC(=O)c1c2n(c3cc(N4CCN(Cc5oc(=O)oc5C)CC4)c(F)cc3c1=O)C(C)C2. The third-order valence-electron chi connectivity index (χ3n) is 6.57. The molecule has 0 bridgehead atoms. The second kappa shape index (κ2) is 7.44. The van der Waals surface area contributed by atoms with Gasteiger partial charge in [0.1, 0.15) is 11.6 Å². The van der Waals surface area contributed by atoms with Crippen LogP contribution in [0.25, 0.3) is 10.9 Å². The van der Waals surface area contributed by atoms with Crippen LogP contribution in [0.2, 0.25) is 0 Å². The Kier molecular flexibility index (Phi) is 4.81. The van der Waals surface area contributed by atoms with E-state index < -0.39 is 17.1 Å². The van der Waals surface area contributed by atoms with Crippen molar-refractivity contribution < 1.29 is 18.0 Å². The molecular formula is C23H24FN3O5. The predicted molar refractivity (Wildman–Crippen MR) is 116 cm³/mol. The van der Waals surface area contributed by atoms with Crippen LogP contribution in [-0.4, -0.2) is 41.4 Å². The smallest absolute Gasteiger partial charge is 0.396 e. The van der Waals surface area contributed by atoms with E-state index in [1.807, 2.05) is 16.4 Å². The van der Waals surface area contributed by atoms with Crippen LogP contribution in [0, 0.1) is 12.7 Å². The minimum Gasteiger partial charge on any atom is -0.396 e. The van der Waals surface area contributed by atoms with Crippen molar-refractivity contribution >= 4 is 22.4 Å². The third kappa shape index (κ3) is 3.19. The molecule has 0 radical (unpaired) electrons. The molecule has 0 saturated carbocycles. The van der Waals surface area contributed by atoms with Crippen molar-refractivity contribution in [3.63, 3.8) is 0 Å². The molecule has 1 fully saturated rings. The third-order valence-corrected chi connectivity index (χ3v) is 6.57. The van der Waals surface area contributed by atoms with Crippen LogP contribution in [-0.2, 0) is 13.0 Å². The lowest BCUT2D eigenvalue weighted by Crippen LogP contribution is -2.46. The summed E-state index contributed by atoms with van der Waals surface area (Å²) in [5, 5.41) is 0.246. The summed E-state index contributed by atoms with van der Waals surface area (Å²) in [7, 11) is 0. The number of carbonyl (C=O) groups excluding carboxylic acids is 1. The molecule has 2 aromatic heterocycles. The highest BCUT2D eigenvalue weighted by atomic mass is 19.1. The normalized spacial score (nSPS) is 18.6. The number of aromatic nitrogens is 1. The van der Waals surface area contributed by atoms with Gasteiger partial charge < -0.3 is 18.3 Å². The number of hydrogen-bond donors (Lipinski definition) is 0. The molecule has 1 saturated heterocycles. The predicted octanol–water partition coefficient (Wildman–Crippen LogP) is 2.64. The van der Waals surface area contributed by atoms with Gasteiger partial charge in [0.25, 0.3) is 0 Å². The minimum atomic E-state index is -0.705. The second-order valence-electron chi connectivity index (χ2n) is 8.65. The topological polar surface area (TPSA) is 88.9 Å². The number of anilines is 1. The Balaban J connectivity index is 1.44. The average molecular weight is 441 g/mol. The Hall–Kier alpha value is -3.20. The first-order valence-corrected chi connectivity index (χ1v) is 10.7. The first-order valence-electron chi connectivity index (χ1n) is 10.7. The summed E-state index contributed by atoms with van der Waals surface area (Å²) in [5.41, 5.74) is 1.65. The number of fused-ring (bicyclic) bond motifs is 3. The molecule has 32 heavy (non-hydrogen) atoms. The second-order valence-corrected chi connectivity index (χ2v) is 8.65. The van der Waals surface area contributed by atoms with E-state index in [4.69, 9.17) is 8.83 Å². The Bertz CT molecular complexity index is 1360. The summed E-state index contributed by atoms with van der Waals surface area (Å²) in [6, 6.07) is 3.16. The van der Waals surface area contributed by atoms with Gasteiger partial charge in [-0.25, -0.2) is 9.18 Å². The Morgan fingerprint density at radius 2 is 1.88 bits per heavy atom. The molecule has 1 aromatic carbocycles. The lowest BCUT2D eigenvalue weighted by Gasteiger charge is -2.37. The summed E-state index contributed by atoms with van der Waals surface area (Å²) in [4.78, 5) is 40.3. The van der Waals surface area contributed by atoms with Gasteiger partial charge in [-0.15, -0.1) is 0 Å². The highest BCUT2D eigenvalue weighted by Crippen LogP contribution is 2.35. The van der Waals surface area contributed by atoms with Crippen LogP contribution in [0.4, 0.5) is 10.1 Å². The number of piperazine rings is 1. The maximum atomic E-state index is 15.1. The van der Waals surface area contributed by atoms with Crippen molar-refractivity contribution in [2.24, 2.45) is 0 Å². The van der Waals surface area contributed by atoms with Gasteiger partial charge in [-0.2, -0.15) is 0 Å². The number of hydrogen-bond acceptors (Lipinski definition) is 7. The molecule has 1 atom stereocenters. The zero-order valence-corrected chi connectivity index (χ0v) is 18.2. The number of ketones is 1. The van der Waals surface area contributed by atoms with Crippen LogP contribution < -0.4 is 16.2 Å². The Morgan fingerprint density at radius 3 is 2.47 bits per heavy atom. The van der Waals surface area contributed by atoms with Crippen LogP contribution in [0.15, 0.2) is 30.6 Å². The number of rotatable bonds is 4. The highest BCUT2D eigenvalue weighted by molar-refractivity contribution is 5.99. The molecule has 2 aliphatic rings. The molecular weight excluding hydrogens is 417 g/mol. The fourth-order valence-corrected chi connectivity index (χ4v) is 4.90. The summed E-state index contributed by atoms with van der Waals surface area (Å²) < 4.78 is 27.1. The quantitative estimate of drug-likeness (QED) is 0.575. The molecule has 2 aliphatic heterocycles. The summed E-state index contributed by atoms with van der Waals surface area (Å²) in [6.07, 6.45) is 0.662. The lowest BCUT2D eigenvalue weighted by molar-refractivity contribution is 0.101. The number of halogens is 1. The van der Waals surface area contributed by atoms with Gasteiger partial charge >= 0.3 is 5.82 Å². The monoisotopic (exact) mass is 441 g/mol. The Morgan fingerprint density at radius 1 is 1.16 bits per heavy atom. The van der Waals surface area contributed by atoms with Gasteiger partial charge in [0.05, 0.1) is 23.3 Å². The molecule has 0 N–H and O–H groups in total. The van der Waals surface area contributed by atoms with Gasteiger partial charge in [-0.05, 0) is 32.9 Å². The molecule has 0 spiro atoms. The summed E-state index contributed by atoms with van der Waals surface area (Å²) in [5.74, 6) is -0.475. The molecule has 9 heteroatoms. The standard InChI is InChI=1S/C23H24FN3O5/c1-12-8-19-21(13(2)28)22(29)15-9-16(24)18(10-17(15)27(12)19)26-6-4-25(5-7-26)11-20-14(3)31-23(30)32-20/h9-10,12H,4-8,11H2,1-3H3. The Labute approximate surface area is 182 Å². The van der Waals surface area contributed by atoms with Crippen molar-refractivity contribution in [3.05, 3.63) is 61.6 Å². The van der Waals surface area contributed by atoms with E-state index >= 15 is 4.39 Å². The number of nitrogens with zero attached hydrogens (tertiary/aromatic N) is 3. The fourth-order valence-electron chi connectivity index (χ4n) is 4.90. The molecule has 0 amide bonds. The number of aryl methyl sites for hydroxylation is 1. The van der Waals surface area contributed by atoms with Crippen LogP contribution in [0.5, 0.6) is 0 Å². The zero-order chi connectivity index (χ0) is 22.7. The zero-order valence-electron chi connectivity index (χ0n) is 18.2. The summed E-state index contributed by atoms with van der Waals surface area (Å²) in [6.45, 7) is 8.04. The first-order chi connectivity index (χ1) is 15.2. The van der Waals surface area contributed by atoms with Crippen LogP contribution in [0.3, 0.4) is 0 Å². The van der Waals surface area contributed by atoms with E-state index in [1.165, 1.54) is 13.0 Å². The average Bonchev–Trinajstić information content (AvgIpc) is 3.05. The van der Waals surface area contributed by atoms with E-state index in [2.05, 4.69) is 4.90 Å². The number of pyridine rings is 1. The van der Waals surface area contributed by atoms with Crippen molar-refractivity contribution in [1.29, 1.82) is 0 Å². The molecule has 0 aliphatic carbocycles. The van der Waals surface area contributed by atoms with Gasteiger partial charge in [0, 0.05) is 49.7 Å². The largest absolute Gasteiger partial charge is 0.519 e. The van der Waals surface area contributed by atoms with E-state index in [0.717, 1.165) is 5.69 Å². The van der Waals surface area contributed by atoms with E-state index in [0.29, 0.717) is 61.9 Å². The molecule has 5 rings (SSSR count). The number of benzene rings is 1. The fraction of sp³-hybridized carbons (Fsp3) is 0.435. The molecule has 1 unspecified atom stereocenters. The van der Waals surface area contributed by atoms with Crippen molar-refractivity contribution in [1.82, 2.24) is 9.47 Å². The molecule has 3 aromatic rings. The lowest BCUT2D eigenvalue weighted by atomic mass is 9.92. The summed E-state index contributed by atoms with van der Waals surface area (Å²) >= 11 is 0. The van der Waals surface area contributed by atoms with E-state index in [-0.39, 0.29) is 22.8 Å². The van der Waals surface area contributed by atoms with Crippen molar-refractivity contribution in [2.75, 3.05) is 31.1 Å². The number of Topliss-reactive ketones (excluding diaryl/α,β-unsaturated/α-hetero) is 1. The maximum Gasteiger partial charge on any atom is 0.519 e. The van der Waals surface area contributed by atoms with Crippen LogP contribution >= 0.6 is 0 Å². The van der Waals surface area contributed by atoms with Gasteiger partial charge in [0.15, 0.2) is 11.5 Å². The van der Waals surface area contributed by atoms with Crippen LogP contribution in [0.1, 0.15) is 47.5 Å². The van der Waals surface area contributed by atoms with Crippen molar-refractivity contribution in [2.45, 2.75) is 39.8 Å². The van der Waals surface area contributed by atoms with Gasteiger partial charge in [-0.1, -0.05) is 0 Å². The van der Waals surface area contributed by atoms with Gasteiger partial charge in [0.2, 0.25) is 5.43 Å². The molecule has 168 valence electrons. The van der Waals surface area contributed by atoms with Crippen molar-refractivity contribution in [3.8, 4) is 0 Å². The highest BCUT2D eigenvalue weighted by Gasteiger charge is 2.31. The molecule has 4 heterocycles. The van der Waals surface area contributed by atoms with E-state index in [1.54, 1.807) is 13.0 Å². The van der Waals surface area contributed by atoms with Gasteiger partial charge in [-0.3, -0.25) is 14.5 Å². The molecule has 8 nitrogen and oxygen atoms in total. The number of carbonyl (C=O) groups is 1. The van der Waals surface area contributed by atoms with E-state index in [9.17, 15) is 14.4 Å². The first kappa shape index (κ1) is 20.7. The minimum absolute atomic E-state index is 0.147.